The van der Waals surface area contributed by atoms with Gasteiger partial charge in [-0.05, 0) is 25.0 Å². The number of fused-ring (bicyclic) bond motifs is 1. The second kappa shape index (κ2) is 7.02. The molecule has 0 unspecified atom stereocenters. The lowest BCUT2D eigenvalue weighted by molar-refractivity contribution is 0.0856. The quantitative estimate of drug-likeness (QED) is 0.692. The van der Waals surface area contributed by atoms with E-state index in [4.69, 9.17) is 0 Å². The molecule has 0 atom stereocenters. The molecule has 0 saturated heterocycles. The first-order chi connectivity index (χ1) is 10.2. The van der Waals surface area contributed by atoms with E-state index >= 15 is 0 Å². The van der Waals surface area contributed by atoms with Gasteiger partial charge in [-0.25, -0.2) is 4.98 Å². The van der Waals surface area contributed by atoms with Crippen LogP contribution < -0.4 is 5.32 Å². The molecule has 0 saturated carbocycles. The average molecular weight is 291 g/mol. The second-order valence-corrected chi connectivity index (χ2v) is 5.47. The van der Waals surface area contributed by atoms with Crippen LogP contribution in [0.3, 0.4) is 0 Å². The van der Waals surface area contributed by atoms with E-state index in [0.717, 1.165) is 29.8 Å². The number of benzene rings is 1. The maximum Gasteiger partial charge on any atom is 0.123 e. The van der Waals surface area contributed by atoms with Gasteiger partial charge < -0.3 is 20.1 Å². The molecule has 1 aromatic heterocycles. The van der Waals surface area contributed by atoms with Crippen LogP contribution in [0.4, 0.5) is 0 Å². The Hall–Kier alpha value is -1.43. The molecule has 1 heterocycles. The molecule has 0 radical (unpaired) electrons. The Labute approximate surface area is 125 Å². The second-order valence-electron chi connectivity index (χ2n) is 5.47. The van der Waals surface area contributed by atoms with Crippen molar-refractivity contribution in [3.05, 3.63) is 30.1 Å². The van der Waals surface area contributed by atoms with Crippen molar-refractivity contribution in [1.82, 2.24) is 14.9 Å². The van der Waals surface area contributed by atoms with Crippen LogP contribution in [0.2, 0.25) is 0 Å². The first-order valence-electron chi connectivity index (χ1n) is 7.60. The number of nitrogens with one attached hydrogen (secondary N) is 1. The first kappa shape index (κ1) is 15.9. The molecule has 0 amide bonds. The van der Waals surface area contributed by atoms with Gasteiger partial charge in [0.05, 0.1) is 36.3 Å². The van der Waals surface area contributed by atoms with Crippen molar-refractivity contribution < 1.29 is 10.2 Å². The van der Waals surface area contributed by atoms with Crippen LogP contribution in [-0.2, 0) is 13.1 Å². The highest BCUT2D eigenvalue weighted by molar-refractivity contribution is 5.75. The van der Waals surface area contributed by atoms with E-state index < -0.39 is 5.54 Å². The normalized spacial score (nSPS) is 12.2. The van der Waals surface area contributed by atoms with Crippen molar-refractivity contribution >= 4 is 11.0 Å². The van der Waals surface area contributed by atoms with Gasteiger partial charge in [-0.15, -0.1) is 0 Å². The Balaban J connectivity index is 2.27. The molecule has 0 spiro atoms. The fourth-order valence-corrected chi connectivity index (χ4v) is 2.51. The van der Waals surface area contributed by atoms with E-state index in [9.17, 15) is 10.2 Å². The largest absolute Gasteiger partial charge is 0.394 e. The van der Waals surface area contributed by atoms with E-state index in [2.05, 4.69) is 27.9 Å². The van der Waals surface area contributed by atoms with Crippen LogP contribution in [0.25, 0.3) is 11.0 Å². The van der Waals surface area contributed by atoms with E-state index in [1.807, 2.05) is 25.1 Å². The van der Waals surface area contributed by atoms with Crippen LogP contribution >= 0.6 is 0 Å². The third-order valence-electron chi connectivity index (χ3n) is 4.08. The van der Waals surface area contributed by atoms with Crippen molar-refractivity contribution in [3.63, 3.8) is 0 Å². The molecular formula is C16H25N3O2. The minimum absolute atomic E-state index is 0.0893. The molecular weight excluding hydrogens is 266 g/mol. The van der Waals surface area contributed by atoms with Crippen molar-refractivity contribution in [2.24, 2.45) is 0 Å². The van der Waals surface area contributed by atoms with E-state index in [1.165, 1.54) is 0 Å². The Morgan fingerprint density at radius 1 is 1.19 bits per heavy atom. The van der Waals surface area contributed by atoms with Crippen molar-refractivity contribution in [2.75, 3.05) is 13.2 Å². The van der Waals surface area contributed by atoms with Gasteiger partial charge >= 0.3 is 0 Å². The third-order valence-corrected chi connectivity index (χ3v) is 4.08. The van der Waals surface area contributed by atoms with Gasteiger partial charge in [-0.2, -0.15) is 0 Å². The predicted octanol–water partition coefficient (Wildman–Crippen LogP) is 1.67. The number of nitrogens with zero attached hydrogens (tertiary/aromatic N) is 2. The minimum Gasteiger partial charge on any atom is -0.394 e. The van der Waals surface area contributed by atoms with Gasteiger partial charge in [0, 0.05) is 6.54 Å². The van der Waals surface area contributed by atoms with Gasteiger partial charge in [-0.3, -0.25) is 0 Å². The highest BCUT2D eigenvalue weighted by Crippen LogP contribution is 2.18. The molecule has 0 aliphatic rings. The molecule has 0 fully saturated rings. The molecule has 3 N–H and O–H groups in total. The number of aromatic nitrogens is 2. The lowest BCUT2D eigenvalue weighted by Gasteiger charge is -2.29. The Morgan fingerprint density at radius 3 is 2.52 bits per heavy atom. The molecule has 0 bridgehead atoms. The zero-order chi connectivity index (χ0) is 15.3. The fraction of sp³-hybridized carbons (Fsp3) is 0.562. The summed E-state index contributed by atoms with van der Waals surface area (Å²) in [7, 11) is 0. The minimum atomic E-state index is -0.644. The third kappa shape index (κ3) is 3.26. The summed E-state index contributed by atoms with van der Waals surface area (Å²) in [6.45, 7) is 5.36. The summed E-state index contributed by atoms with van der Waals surface area (Å²) in [6.07, 6.45) is 1.69. The first-order valence-corrected chi connectivity index (χ1v) is 7.60. The maximum atomic E-state index is 9.52. The smallest absolute Gasteiger partial charge is 0.123 e. The molecule has 1 aromatic carbocycles. The Kier molecular flexibility index (Phi) is 5.33. The van der Waals surface area contributed by atoms with Crippen LogP contribution in [-0.4, -0.2) is 38.5 Å². The molecule has 0 aliphatic carbocycles. The number of rotatable bonds is 8. The summed E-state index contributed by atoms with van der Waals surface area (Å²) in [5.74, 6) is 0.942. The standard InChI is InChI=1S/C16H25N3O2/c1-3-9-19-14-8-6-5-7-13(14)18-15(19)10-17-16(4-2,11-20)12-21/h5-8,17,20-21H,3-4,9-12H2,1-2H3. The summed E-state index contributed by atoms with van der Waals surface area (Å²) in [4.78, 5) is 4.67. The predicted molar refractivity (Wildman–Crippen MR) is 84.1 cm³/mol. The number of aliphatic hydroxyl groups excluding tert-OH is 2. The van der Waals surface area contributed by atoms with Gasteiger partial charge in [0.2, 0.25) is 0 Å². The van der Waals surface area contributed by atoms with Crippen LogP contribution in [0.15, 0.2) is 24.3 Å². The van der Waals surface area contributed by atoms with Gasteiger partial charge in [0.25, 0.3) is 0 Å². The summed E-state index contributed by atoms with van der Waals surface area (Å²) >= 11 is 0. The Morgan fingerprint density at radius 2 is 1.90 bits per heavy atom. The number of hydrogen-bond donors (Lipinski definition) is 3. The number of aliphatic hydroxyl groups is 2. The highest BCUT2D eigenvalue weighted by Gasteiger charge is 2.26. The van der Waals surface area contributed by atoms with Gasteiger partial charge in [0.15, 0.2) is 0 Å². The number of imidazole rings is 1. The topological polar surface area (TPSA) is 70.3 Å². The maximum absolute atomic E-state index is 9.52. The Bertz CT molecular complexity index is 568. The number of aryl methyl sites for hydroxylation is 1. The average Bonchev–Trinajstić information content (AvgIpc) is 2.88. The SMILES string of the molecule is CCCn1c(CNC(CC)(CO)CO)nc2ccccc21. The zero-order valence-corrected chi connectivity index (χ0v) is 12.8. The molecule has 5 heteroatoms. The fourth-order valence-electron chi connectivity index (χ4n) is 2.51. The monoisotopic (exact) mass is 291 g/mol. The van der Waals surface area contributed by atoms with Gasteiger partial charge in [-0.1, -0.05) is 26.0 Å². The van der Waals surface area contributed by atoms with Crippen LogP contribution in [0.5, 0.6) is 0 Å². The molecule has 2 aromatic rings. The summed E-state index contributed by atoms with van der Waals surface area (Å²) in [5, 5.41) is 22.3. The van der Waals surface area contributed by atoms with Gasteiger partial charge in [0.1, 0.15) is 5.82 Å². The van der Waals surface area contributed by atoms with E-state index in [1.54, 1.807) is 0 Å². The molecule has 0 aliphatic heterocycles. The van der Waals surface area contributed by atoms with Crippen molar-refractivity contribution in [3.8, 4) is 0 Å². The summed E-state index contributed by atoms with van der Waals surface area (Å²) < 4.78 is 2.21. The van der Waals surface area contributed by atoms with Crippen molar-refractivity contribution in [2.45, 2.75) is 45.3 Å². The number of hydrogen-bond acceptors (Lipinski definition) is 4. The van der Waals surface area contributed by atoms with E-state index in [0.29, 0.717) is 13.0 Å². The molecule has 116 valence electrons. The van der Waals surface area contributed by atoms with E-state index in [-0.39, 0.29) is 13.2 Å². The van der Waals surface area contributed by atoms with Crippen LogP contribution in [0.1, 0.15) is 32.5 Å². The highest BCUT2D eigenvalue weighted by atomic mass is 16.3. The lowest BCUT2D eigenvalue weighted by Crippen LogP contribution is -2.51. The molecule has 5 nitrogen and oxygen atoms in total. The van der Waals surface area contributed by atoms with Crippen LogP contribution in [0, 0.1) is 0 Å². The summed E-state index contributed by atoms with van der Waals surface area (Å²) in [5.41, 5.74) is 1.47. The zero-order valence-electron chi connectivity index (χ0n) is 12.8. The molecule has 21 heavy (non-hydrogen) atoms. The number of para-hydroxylation sites is 2. The molecule has 2 rings (SSSR count). The lowest BCUT2D eigenvalue weighted by atomic mass is 9.98. The van der Waals surface area contributed by atoms with Crippen molar-refractivity contribution in [1.29, 1.82) is 0 Å². The summed E-state index contributed by atoms with van der Waals surface area (Å²) in [6, 6.07) is 8.09.